The average molecular weight is 269 g/mol. The fourth-order valence-electron chi connectivity index (χ4n) is 2.21. The van der Waals surface area contributed by atoms with E-state index >= 15 is 0 Å². The van der Waals surface area contributed by atoms with Crippen LogP contribution in [0.15, 0.2) is 24.3 Å². The van der Waals surface area contributed by atoms with Crippen LogP contribution in [0.3, 0.4) is 0 Å². The van der Waals surface area contributed by atoms with Crippen molar-refractivity contribution in [1.29, 1.82) is 0 Å². The van der Waals surface area contributed by atoms with Crippen LogP contribution < -0.4 is 5.32 Å². The van der Waals surface area contributed by atoms with Gasteiger partial charge in [0.05, 0.1) is 6.04 Å². The Labute approximate surface area is 115 Å². The fraction of sp³-hybridized carbons (Fsp3) is 0.500. The predicted octanol–water partition coefficient (Wildman–Crippen LogP) is 2.13. The highest BCUT2D eigenvalue weighted by atomic mass is 35.5. The van der Waals surface area contributed by atoms with Crippen molar-refractivity contribution >= 4 is 18.3 Å². The molecule has 0 aromatic heterocycles. The van der Waals surface area contributed by atoms with Crippen molar-refractivity contribution < 1.29 is 4.79 Å². The van der Waals surface area contributed by atoms with Gasteiger partial charge in [-0.3, -0.25) is 4.79 Å². The molecule has 1 fully saturated rings. The summed E-state index contributed by atoms with van der Waals surface area (Å²) in [5.74, 6) is 0.211. The van der Waals surface area contributed by atoms with Crippen molar-refractivity contribution in [2.45, 2.75) is 32.4 Å². The van der Waals surface area contributed by atoms with Gasteiger partial charge in [-0.05, 0) is 31.9 Å². The van der Waals surface area contributed by atoms with E-state index in [0.717, 1.165) is 19.4 Å². The number of halogens is 1. The number of nitrogens with zero attached hydrogens (tertiary/aromatic N) is 1. The number of amides is 1. The van der Waals surface area contributed by atoms with Gasteiger partial charge in [-0.15, -0.1) is 12.4 Å². The smallest absolute Gasteiger partial charge is 0.239 e. The molecule has 1 amide bonds. The Morgan fingerprint density at radius 3 is 2.61 bits per heavy atom. The Balaban J connectivity index is 0.00000162. The van der Waals surface area contributed by atoms with E-state index in [1.807, 2.05) is 11.9 Å². The van der Waals surface area contributed by atoms with E-state index < -0.39 is 0 Å². The summed E-state index contributed by atoms with van der Waals surface area (Å²) in [5.41, 5.74) is 2.43. The monoisotopic (exact) mass is 268 g/mol. The molecule has 0 spiro atoms. The first kappa shape index (κ1) is 15.0. The first-order valence-electron chi connectivity index (χ1n) is 6.21. The maximum atomic E-state index is 12.1. The number of likely N-dealkylation sites (N-methyl/N-ethyl adjacent to an activating group) is 1. The van der Waals surface area contributed by atoms with E-state index in [1.165, 1.54) is 11.1 Å². The number of nitrogens with one attached hydrogen (secondary N) is 1. The van der Waals surface area contributed by atoms with Gasteiger partial charge in [0, 0.05) is 13.6 Å². The molecule has 1 aliphatic heterocycles. The number of carbonyl (C=O) groups excluding carboxylic acids is 1. The quantitative estimate of drug-likeness (QED) is 0.911. The van der Waals surface area contributed by atoms with E-state index in [9.17, 15) is 4.79 Å². The normalized spacial score (nSPS) is 18.2. The van der Waals surface area contributed by atoms with Gasteiger partial charge in [-0.1, -0.05) is 29.8 Å². The highest BCUT2D eigenvalue weighted by Crippen LogP contribution is 2.11. The summed E-state index contributed by atoms with van der Waals surface area (Å²) in [6, 6.07) is 8.37. The number of hydrogen-bond acceptors (Lipinski definition) is 2. The van der Waals surface area contributed by atoms with Crippen LogP contribution in [0.5, 0.6) is 0 Å². The molecule has 0 radical (unpaired) electrons. The lowest BCUT2D eigenvalue weighted by molar-refractivity contribution is -0.132. The highest BCUT2D eigenvalue weighted by molar-refractivity contribution is 5.85. The molecule has 0 aliphatic carbocycles. The van der Waals surface area contributed by atoms with Gasteiger partial charge in [0.2, 0.25) is 5.91 Å². The van der Waals surface area contributed by atoms with Crippen molar-refractivity contribution in [3.05, 3.63) is 35.4 Å². The standard InChI is InChI=1S/C14H20N2O.ClH/c1-11-5-7-12(8-6-11)10-16(2)14(17)13-4-3-9-15-13;/h5-8,13,15H,3-4,9-10H2,1-2H3;1H. The molecule has 18 heavy (non-hydrogen) atoms. The molecule has 0 bridgehead atoms. The molecule has 1 N–H and O–H groups in total. The molecule has 2 rings (SSSR count). The summed E-state index contributed by atoms with van der Waals surface area (Å²) in [6.07, 6.45) is 2.08. The third-order valence-electron chi connectivity index (χ3n) is 3.27. The van der Waals surface area contributed by atoms with Crippen LogP contribution in [0.2, 0.25) is 0 Å². The molecule has 0 saturated carbocycles. The van der Waals surface area contributed by atoms with Gasteiger partial charge in [-0.25, -0.2) is 0 Å². The molecule has 1 aliphatic rings. The lowest BCUT2D eigenvalue weighted by atomic mass is 10.1. The third kappa shape index (κ3) is 3.72. The van der Waals surface area contributed by atoms with Gasteiger partial charge in [0.25, 0.3) is 0 Å². The van der Waals surface area contributed by atoms with Crippen molar-refractivity contribution in [2.75, 3.05) is 13.6 Å². The second-order valence-electron chi connectivity index (χ2n) is 4.83. The van der Waals surface area contributed by atoms with Crippen LogP contribution in [-0.4, -0.2) is 30.4 Å². The number of benzene rings is 1. The Morgan fingerprint density at radius 2 is 2.06 bits per heavy atom. The number of carbonyl (C=O) groups is 1. The van der Waals surface area contributed by atoms with Crippen molar-refractivity contribution in [3.63, 3.8) is 0 Å². The predicted molar refractivity (Wildman–Crippen MR) is 75.9 cm³/mol. The van der Waals surface area contributed by atoms with Gasteiger partial charge in [-0.2, -0.15) is 0 Å². The molecule has 1 saturated heterocycles. The van der Waals surface area contributed by atoms with Gasteiger partial charge < -0.3 is 10.2 Å². The SMILES string of the molecule is Cc1ccc(CN(C)C(=O)C2CCCN2)cc1.Cl. The molecular weight excluding hydrogens is 248 g/mol. The number of rotatable bonds is 3. The third-order valence-corrected chi connectivity index (χ3v) is 3.27. The lowest BCUT2D eigenvalue weighted by Crippen LogP contribution is -2.41. The molecular formula is C14H21ClN2O. The Hall–Kier alpha value is -1.06. The van der Waals surface area contributed by atoms with E-state index in [0.29, 0.717) is 6.54 Å². The Kier molecular flexibility index (Phi) is 5.63. The van der Waals surface area contributed by atoms with Gasteiger partial charge in [0.1, 0.15) is 0 Å². The van der Waals surface area contributed by atoms with Crippen molar-refractivity contribution in [3.8, 4) is 0 Å². The Morgan fingerprint density at radius 1 is 1.39 bits per heavy atom. The summed E-state index contributed by atoms with van der Waals surface area (Å²) < 4.78 is 0. The van der Waals surface area contributed by atoms with Gasteiger partial charge >= 0.3 is 0 Å². The minimum atomic E-state index is 0. The summed E-state index contributed by atoms with van der Waals surface area (Å²) in [7, 11) is 1.88. The molecule has 3 nitrogen and oxygen atoms in total. The Bertz CT molecular complexity index is 385. The molecule has 1 aromatic rings. The second-order valence-corrected chi connectivity index (χ2v) is 4.83. The van der Waals surface area contributed by atoms with Crippen molar-refractivity contribution in [2.24, 2.45) is 0 Å². The second kappa shape index (κ2) is 6.76. The lowest BCUT2D eigenvalue weighted by Gasteiger charge is -2.21. The summed E-state index contributed by atoms with van der Waals surface area (Å²) in [4.78, 5) is 13.9. The average Bonchev–Trinajstić information content (AvgIpc) is 2.84. The zero-order valence-corrected chi connectivity index (χ0v) is 11.8. The summed E-state index contributed by atoms with van der Waals surface area (Å²) in [6.45, 7) is 3.73. The largest absolute Gasteiger partial charge is 0.340 e. The first-order valence-corrected chi connectivity index (χ1v) is 6.21. The molecule has 1 heterocycles. The molecule has 1 atom stereocenters. The molecule has 1 aromatic carbocycles. The maximum Gasteiger partial charge on any atom is 0.239 e. The number of hydrogen-bond donors (Lipinski definition) is 1. The minimum Gasteiger partial charge on any atom is -0.340 e. The highest BCUT2D eigenvalue weighted by Gasteiger charge is 2.24. The number of aryl methyl sites for hydroxylation is 1. The van der Waals surface area contributed by atoms with E-state index in [4.69, 9.17) is 0 Å². The van der Waals surface area contributed by atoms with Crippen LogP contribution in [0.25, 0.3) is 0 Å². The molecule has 100 valence electrons. The fourth-order valence-corrected chi connectivity index (χ4v) is 2.21. The van der Waals surface area contributed by atoms with Crippen molar-refractivity contribution in [1.82, 2.24) is 10.2 Å². The maximum absolute atomic E-state index is 12.1. The minimum absolute atomic E-state index is 0. The van der Waals surface area contributed by atoms with Crippen LogP contribution in [0.4, 0.5) is 0 Å². The molecule has 4 heteroatoms. The van der Waals surface area contributed by atoms with E-state index in [2.05, 4.69) is 36.5 Å². The van der Waals surface area contributed by atoms with Gasteiger partial charge in [0.15, 0.2) is 0 Å². The molecule has 1 unspecified atom stereocenters. The van der Waals surface area contributed by atoms with Crippen LogP contribution in [0, 0.1) is 6.92 Å². The zero-order valence-electron chi connectivity index (χ0n) is 11.0. The topological polar surface area (TPSA) is 32.3 Å². The van der Waals surface area contributed by atoms with Crippen LogP contribution >= 0.6 is 12.4 Å². The first-order chi connectivity index (χ1) is 8.16. The van der Waals surface area contributed by atoms with Crippen LogP contribution in [0.1, 0.15) is 24.0 Å². The summed E-state index contributed by atoms with van der Waals surface area (Å²) in [5, 5.41) is 3.24. The summed E-state index contributed by atoms with van der Waals surface area (Å²) >= 11 is 0. The zero-order chi connectivity index (χ0) is 12.3. The van der Waals surface area contributed by atoms with E-state index in [-0.39, 0.29) is 24.4 Å². The van der Waals surface area contributed by atoms with Crippen LogP contribution in [-0.2, 0) is 11.3 Å². The van der Waals surface area contributed by atoms with E-state index in [1.54, 1.807) is 0 Å².